The number of hydrogen-bond donors (Lipinski definition) is 0. The molecule has 4 rings (SSSR count). The Hall–Kier alpha value is 0.404. The average molecular weight is 379 g/mol. The Bertz CT molecular complexity index is 432. The van der Waals surface area contributed by atoms with Crippen molar-refractivity contribution in [3.05, 3.63) is 94.5 Å². The van der Waals surface area contributed by atoms with E-state index in [2.05, 4.69) is 21.4 Å². The van der Waals surface area contributed by atoms with Crippen LogP contribution in [0.5, 0.6) is 0 Å². The first-order valence-corrected chi connectivity index (χ1v) is 9.91. The van der Waals surface area contributed by atoms with Gasteiger partial charge in [0, 0.05) is 0 Å². The molecule has 2 aliphatic rings. The molecular weight excluding hydrogens is 364 g/mol. The Kier molecular flexibility index (Phi) is 12.8. The number of thiophene rings is 1. The van der Waals surface area contributed by atoms with Crippen LogP contribution in [0.15, 0.2) is 34.5 Å². The van der Waals surface area contributed by atoms with E-state index in [1.807, 2.05) is 82.4 Å². The van der Waals surface area contributed by atoms with Crippen LogP contribution >= 0.6 is 20.6 Å². The number of benzene rings is 1. The Labute approximate surface area is 160 Å². The van der Waals surface area contributed by atoms with E-state index in [9.17, 15) is 0 Å². The molecule has 0 saturated heterocycles. The monoisotopic (exact) mass is 378 g/mol. The predicted octanol–water partition coefficient (Wildman–Crippen LogP) is 5.54. The summed E-state index contributed by atoms with van der Waals surface area (Å²) < 4.78 is 2.26. The summed E-state index contributed by atoms with van der Waals surface area (Å²) in [5.41, 5.74) is 0. The molecule has 4 heteroatoms. The molecule has 0 spiro atoms. The molecule has 108 valence electrons. The first-order valence-electron chi connectivity index (χ1n) is 6.54. The van der Waals surface area contributed by atoms with Crippen molar-refractivity contribution < 1.29 is 19.4 Å². The normalized spacial score (nSPS) is 16.0. The Morgan fingerprint density at radius 1 is 0.727 bits per heavy atom. The van der Waals surface area contributed by atoms with Crippen LogP contribution in [0.1, 0.15) is 0 Å². The van der Waals surface area contributed by atoms with Crippen molar-refractivity contribution >= 4 is 43.4 Å². The summed E-state index contributed by atoms with van der Waals surface area (Å²) in [6, 6.07) is 10.3. The van der Waals surface area contributed by atoms with Gasteiger partial charge in [-0.15, -0.1) is 4.21 Å². The van der Waals surface area contributed by atoms with Crippen molar-refractivity contribution in [3.63, 3.8) is 0 Å². The van der Waals surface area contributed by atoms with Crippen LogP contribution in [0.3, 0.4) is 0 Å². The third kappa shape index (κ3) is 8.89. The minimum absolute atomic E-state index is 0.973. The Morgan fingerprint density at radius 2 is 1.14 bits per heavy atom. The molecule has 0 bridgehead atoms. The van der Waals surface area contributed by atoms with Gasteiger partial charge in [0.1, 0.15) is 0 Å². The summed E-state index contributed by atoms with van der Waals surface area (Å²) in [6.07, 6.45) is 20.0. The van der Waals surface area contributed by atoms with Gasteiger partial charge in [0.25, 0.3) is 0 Å². The zero-order valence-electron chi connectivity index (χ0n) is 11.9. The Morgan fingerprint density at radius 3 is 1.55 bits per heavy atom. The molecule has 1 heterocycles. The van der Waals surface area contributed by atoms with Crippen molar-refractivity contribution in [3.8, 4) is 0 Å². The number of hydrogen-bond acceptors (Lipinski definition) is 2. The van der Waals surface area contributed by atoms with Crippen molar-refractivity contribution in [2.45, 2.75) is 4.21 Å². The van der Waals surface area contributed by atoms with Gasteiger partial charge >= 0.3 is 28.7 Å². The molecule has 0 nitrogen and oxygen atoms in total. The summed E-state index contributed by atoms with van der Waals surface area (Å²) in [7, 11) is 4.64. The van der Waals surface area contributed by atoms with Crippen molar-refractivity contribution in [2.24, 2.45) is 0 Å². The summed E-state index contributed by atoms with van der Waals surface area (Å²) >= 11 is 8.17. The molecule has 0 atom stereocenters. The van der Waals surface area contributed by atoms with E-state index in [0.717, 1.165) is 4.21 Å². The molecule has 2 aliphatic carbocycles. The molecule has 22 heavy (non-hydrogen) atoms. The van der Waals surface area contributed by atoms with Crippen LogP contribution in [0.2, 0.25) is 0 Å². The van der Waals surface area contributed by atoms with Crippen LogP contribution in [0, 0.1) is 64.2 Å². The maximum Gasteiger partial charge on any atom is -0.0284 e. The van der Waals surface area contributed by atoms with Gasteiger partial charge in [-0.2, -0.15) is 0 Å². The van der Waals surface area contributed by atoms with Crippen LogP contribution in [0.25, 0.3) is 10.1 Å². The van der Waals surface area contributed by atoms with Gasteiger partial charge in [-0.05, 0) is 69.6 Å². The molecule has 0 N–H and O–H groups in total. The van der Waals surface area contributed by atoms with Gasteiger partial charge < -0.3 is 24.0 Å². The molecule has 0 amide bonds. The predicted molar refractivity (Wildman–Crippen MR) is 96.3 cm³/mol. The van der Waals surface area contributed by atoms with Gasteiger partial charge in [0.05, 0.1) is 0 Å². The van der Waals surface area contributed by atoms with Crippen molar-refractivity contribution in [1.29, 1.82) is 0 Å². The molecule has 10 radical (unpaired) electrons. The maximum absolute atomic E-state index is 5.03. The van der Waals surface area contributed by atoms with Crippen LogP contribution in [-0.2, 0) is 32.0 Å². The summed E-state index contributed by atoms with van der Waals surface area (Å²) in [4.78, 5) is 0. The first-order chi connectivity index (χ1) is 10.9. The van der Waals surface area contributed by atoms with Gasteiger partial charge in [0.15, 0.2) is 0 Å². The number of halogens is 1. The van der Waals surface area contributed by atoms with Crippen LogP contribution in [0.4, 0.5) is 0 Å². The van der Waals surface area contributed by atoms with Gasteiger partial charge in [-0.1, -0.05) is 35.0 Å². The van der Waals surface area contributed by atoms with E-state index >= 15 is 0 Å². The van der Waals surface area contributed by atoms with Gasteiger partial charge in [-0.3, -0.25) is 0 Å². The van der Waals surface area contributed by atoms with E-state index in [-0.39, 0.29) is 0 Å². The van der Waals surface area contributed by atoms with Crippen LogP contribution < -0.4 is 0 Å². The second-order valence-electron chi connectivity index (χ2n) is 4.03. The zero-order valence-corrected chi connectivity index (χ0v) is 15.8. The number of fused-ring (bicyclic) bond motifs is 1. The topological polar surface area (TPSA) is 0 Å². The molecule has 0 aliphatic heterocycles. The quantitative estimate of drug-likeness (QED) is 0.428. The standard InChI is InChI=1S/C8H6S2.2C5H5.ClH.Ti/c9-8-5-6-3-1-2-4-7(6)10-8;2*1-2-4-5-3-1;;/h1-5,9H;2*1-5H;1H;/q;;;;+4/p-2. The summed E-state index contributed by atoms with van der Waals surface area (Å²) in [5.74, 6) is 0. The van der Waals surface area contributed by atoms with Crippen LogP contribution in [-0.4, -0.2) is 0 Å². The second-order valence-corrected chi connectivity index (χ2v) is 5.81. The van der Waals surface area contributed by atoms with E-state index in [1.54, 1.807) is 11.3 Å². The average Bonchev–Trinajstić information content (AvgIpc) is 3.32. The molecular formula is C18H15ClS2Ti+2. The molecule has 2 saturated carbocycles. The van der Waals surface area contributed by atoms with Crippen molar-refractivity contribution in [2.75, 3.05) is 0 Å². The van der Waals surface area contributed by atoms with E-state index < -0.39 is 0 Å². The fourth-order valence-corrected chi connectivity index (χ4v) is 2.79. The second kappa shape index (κ2) is 13.8. The third-order valence-electron chi connectivity index (χ3n) is 2.51. The third-order valence-corrected chi connectivity index (χ3v) is 3.79. The fraction of sp³-hybridized carbons (Fsp3) is 0. The maximum atomic E-state index is 5.03. The molecule has 1 aromatic carbocycles. The smallest absolute Gasteiger partial charge is 0.0284 e. The van der Waals surface area contributed by atoms with E-state index in [0.29, 0.717) is 0 Å². The minimum atomic E-state index is 0.973. The minimum Gasteiger partial charge on any atom is -0.428 e. The van der Waals surface area contributed by atoms with Crippen molar-refractivity contribution in [1.82, 2.24) is 0 Å². The SMILES string of the molecule is [CH]1[CH][CH][CH][CH]1.[CH]1[CH][CH][CH][CH]1.[Cl][Ti+3].[S-]c1cc2ccccc2s1. The zero-order chi connectivity index (χ0) is 16.0. The fourth-order valence-electron chi connectivity index (χ4n) is 1.60. The number of rotatable bonds is 0. The summed E-state index contributed by atoms with van der Waals surface area (Å²) in [5, 5.41) is 1.26. The first kappa shape index (κ1) is 20.4. The van der Waals surface area contributed by atoms with E-state index in [1.165, 1.54) is 29.5 Å². The molecule has 2 aromatic rings. The summed E-state index contributed by atoms with van der Waals surface area (Å²) in [6.45, 7) is 0. The van der Waals surface area contributed by atoms with Gasteiger partial charge in [-0.25, -0.2) is 0 Å². The van der Waals surface area contributed by atoms with Gasteiger partial charge in [0.2, 0.25) is 0 Å². The largest absolute Gasteiger partial charge is 0.428 e. The molecule has 2 fully saturated rings. The molecule has 1 aromatic heterocycles. The Balaban J connectivity index is 0.000000171. The molecule has 0 unspecified atom stereocenters. The van der Waals surface area contributed by atoms with E-state index in [4.69, 9.17) is 12.6 Å².